The molecule has 1 amide bonds. The number of amides is 1. The van der Waals surface area contributed by atoms with Gasteiger partial charge in [-0.2, -0.15) is 4.31 Å². The summed E-state index contributed by atoms with van der Waals surface area (Å²) >= 11 is 3.43. The molecule has 1 N–H and O–H groups in total. The number of anilines is 1. The molecule has 0 saturated heterocycles. The summed E-state index contributed by atoms with van der Waals surface area (Å²) in [4.78, 5) is 13.5. The maximum Gasteiger partial charge on any atom is 0.243 e. The van der Waals surface area contributed by atoms with E-state index in [2.05, 4.69) is 21.2 Å². The van der Waals surface area contributed by atoms with Gasteiger partial charge in [0, 0.05) is 17.6 Å². The third-order valence-electron chi connectivity index (χ3n) is 5.80. The largest absolute Gasteiger partial charge is 0.495 e. The summed E-state index contributed by atoms with van der Waals surface area (Å²) in [5.41, 5.74) is 0.707. The molecule has 1 fully saturated rings. The summed E-state index contributed by atoms with van der Waals surface area (Å²) in [6.07, 6.45) is 2.47. The van der Waals surface area contributed by atoms with Crippen LogP contribution >= 0.6 is 15.9 Å². The zero-order valence-electron chi connectivity index (χ0n) is 17.4. The lowest BCUT2D eigenvalue weighted by atomic mass is 9.64. The summed E-state index contributed by atoms with van der Waals surface area (Å²) in [7, 11) is -2.15. The standard InChI is InChI=1S/C22H27BrN2O4S/c1-4-25(5-2)30(27,28)18-11-12-20(29-3)19(15-18)24-21(26)22(13-6-14-22)16-7-9-17(23)10-8-16/h7-12,15H,4-6,13-14H2,1-3H3,(H,24,26). The molecular weight excluding hydrogens is 468 g/mol. The minimum atomic E-state index is -3.65. The maximum absolute atomic E-state index is 13.3. The molecule has 0 aromatic heterocycles. The van der Waals surface area contributed by atoms with Gasteiger partial charge in [0.1, 0.15) is 5.75 Å². The molecule has 2 aromatic carbocycles. The molecule has 6 nitrogen and oxygen atoms in total. The van der Waals surface area contributed by atoms with Crippen molar-refractivity contribution in [3.8, 4) is 5.75 Å². The number of ether oxygens (including phenoxy) is 1. The second-order valence-corrected chi connectivity index (χ2v) is 10.2. The molecule has 0 bridgehead atoms. The smallest absolute Gasteiger partial charge is 0.243 e. The van der Waals surface area contributed by atoms with E-state index in [1.807, 2.05) is 24.3 Å². The molecule has 3 rings (SSSR count). The van der Waals surface area contributed by atoms with E-state index in [0.717, 1.165) is 29.3 Å². The monoisotopic (exact) mass is 494 g/mol. The number of carbonyl (C=O) groups excluding carboxylic acids is 1. The van der Waals surface area contributed by atoms with E-state index in [1.165, 1.54) is 23.5 Å². The fraction of sp³-hybridized carbons (Fsp3) is 0.409. The molecule has 0 atom stereocenters. The van der Waals surface area contributed by atoms with Gasteiger partial charge in [-0.25, -0.2) is 8.42 Å². The number of benzene rings is 2. The summed E-state index contributed by atoms with van der Waals surface area (Å²) in [5.74, 6) is 0.277. The van der Waals surface area contributed by atoms with Crippen LogP contribution in [0.4, 0.5) is 5.69 Å². The SMILES string of the molecule is CCN(CC)S(=O)(=O)c1ccc(OC)c(NC(=O)C2(c3ccc(Br)cc3)CCC2)c1. The fourth-order valence-corrected chi connectivity index (χ4v) is 5.59. The van der Waals surface area contributed by atoms with Gasteiger partial charge in [-0.1, -0.05) is 48.3 Å². The number of sulfonamides is 1. The summed E-state index contributed by atoms with van der Waals surface area (Å²) < 4.78 is 33.6. The Labute approximate surface area is 186 Å². The van der Waals surface area contributed by atoms with E-state index in [4.69, 9.17) is 4.74 Å². The van der Waals surface area contributed by atoms with Crippen molar-refractivity contribution in [2.45, 2.75) is 43.4 Å². The number of halogens is 1. The summed E-state index contributed by atoms with van der Waals surface area (Å²) in [5, 5.41) is 2.95. The quantitative estimate of drug-likeness (QED) is 0.583. The third kappa shape index (κ3) is 4.13. The van der Waals surface area contributed by atoms with Gasteiger partial charge in [0.05, 0.1) is 23.1 Å². The Morgan fingerprint density at radius 3 is 2.27 bits per heavy atom. The van der Waals surface area contributed by atoms with Crippen molar-refractivity contribution in [1.29, 1.82) is 0 Å². The van der Waals surface area contributed by atoms with Crippen LogP contribution in [0, 0.1) is 0 Å². The van der Waals surface area contributed by atoms with E-state index >= 15 is 0 Å². The Hall–Kier alpha value is -1.90. The molecule has 0 unspecified atom stereocenters. The van der Waals surface area contributed by atoms with Crippen molar-refractivity contribution in [3.05, 3.63) is 52.5 Å². The minimum Gasteiger partial charge on any atom is -0.495 e. The van der Waals surface area contributed by atoms with Gasteiger partial charge in [-0.3, -0.25) is 4.79 Å². The zero-order valence-corrected chi connectivity index (χ0v) is 19.8. The molecule has 1 aliphatic rings. The lowest BCUT2D eigenvalue weighted by Crippen LogP contribution is -2.46. The Morgan fingerprint density at radius 2 is 1.77 bits per heavy atom. The Bertz CT molecular complexity index is 1010. The number of rotatable bonds is 8. The van der Waals surface area contributed by atoms with Crippen LogP contribution in [0.25, 0.3) is 0 Å². The molecule has 0 radical (unpaired) electrons. The fourth-order valence-electron chi connectivity index (χ4n) is 3.85. The van der Waals surface area contributed by atoms with E-state index in [9.17, 15) is 13.2 Å². The van der Waals surface area contributed by atoms with Crippen LogP contribution in [0.5, 0.6) is 5.75 Å². The van der Waals surface area contributed by atoms with Crippen LogP contribution in [-0.2, 0) is 20.2 Å². The normalized spacial score (nSPS) is 15.5. The topological polar surface area (TPSA) is 75.7 Å². The van der Waals surface area contributed by atoms with E-state index in [0.29, 0.717) is 24.5 Å². The number of carbonyl (C=O) groups is 1. The predicted molar refractivity (Wildman–Crippen MR) is 121 cm³/mol. The Kier molecular flexibility index (Phi) is 6.89. The van der Waals surface area contributed by atoms with Crippen molar-refractivity contribution in [1.82, 2.24) is 4.31 Å². The first-order valence-corrected chi connectivity index (χ1v) is 12.3. The number of nitrogens with zero attached hydrogens (tertiary/aromatic N) is 1. The van der Waals surface area contributed by atoms with Gasteiger partial charge < -0.3 is 10.1 Å². The van der Waals surface area contributed by atoms with Gasteiger partial charge in [0.25, 0.3) is 0 Å². The molecule has 1 saturated carbocycles. The third-order valence-corrected chi connectivity index (χ3v) is 8.38. The molecule has 1 aliphatic carbocycles. The van der Waals surface area contributed by atoms with Crippen molar-refractivity contribution in [2.75, 3.05) is 25.5 Å². The van der Waals surface area contributed by atoms with Gasteiger partial charge in [-0.15, -0.1) is 0 Å². The average molecular weight is 495 g/mol. The Balaban J connectivity index is 1.95. The number of hydrogen-bond donors (Lipinski definition) is 1. The maximum atomic E-state index is 13.3. The van der Waals surface area contributed by atoms with Crippen molar-refractivity contribution in [2.24, 2.45) is 0 Å². The molecule has 162 valence electrons. The van der Waals surface area contributed by atoms with Gasteiger partial charge in [0.2, 0.25) is 15.9 Å². The molecule has 30 heavy (non-hydrogen) atoms. The van der Waals surface area contributed by atoms with Crippen molar-refractivity contribution >= 4 is 37.5 Å². The number of methoxy groups -OCH3 is 1. The Morgan fingerprint density at radius 1 is 1.13 bits per heavy atom. The zero-order chi connectivity index (χ0) is 21.9. The van der Waals surface area contributed by atoms with Crippen LogP contribution < -0.4 is 10.1 Å². The van der Waals surface area contributed by atoms with E-state index in [-0.39, 0.29) is 10.8 Å². The van der Waals surface area contributed by atoms with Crippen LogP contribution in [0.3, 0.4) is 0 Å². The second kappa shape index (κ2) is 9.08. The highest BCUT2D eigenvalue weighted by Crippen LogP contribution is 2.45. The predicted octanol–water partition coefficient (Wildman–Crippen LogP) is 4.55. The summed E-state index contributed by atoms with van der Waals surface area (Å²) in [6.45, 7) is 4.34. The molecule has 8 heteroatoms. The summed E-state index contributed by atoms with van der Waals surface area (Å²) in [6, 6.07) is 12.4. The molecule has 0 spiro atoms. The average Bonchev–Trinajstić information content (AvgIpc) is 2.69. The van der Waals surface area contributed by atoms with Crippen molar-refractivity contribution in [3.63, 3.8) is 0 Å². The molecule has 2 aromatic rings. The van der Waals surface area contributed by atoms with Crippen LogP contribution in [0.2, 0.25) is 0 Å². The van der Waals surface area contributed by atoms with Gasteiger partial charge >= 0.3 is 0 Å². The highest BCUT2D eigenvalue weighted by atomic mass is 79.9. The van der Waals surface area contributed by atoms with Gasteiger partial charge in [0.15, 0.2) is 0 Å². The first-order valence-electron chi connectivity index (χ1n) is 10.0. The first kappa shape index (κ1) is 22.8. The lowest BCUT2D eigenvalue weighted by Gasteiger charge is -2.40. The molecular formula is C22H27BrN2O4S. The second-order valence-electron chi connectivity index (χ2n) is 7.35. The van der Waals surface area contributed by atoms with Crippen LogP contribution in [-0.4, -0.2) is 38.8 Å². The van der Waals surface area contributed by atoms with Crippen molar-refractivity contribution < 1.29 is 17.9 Å². The number of nitrogens with one attached hydrogen (secondary N) is 1. The molecule has 0 aliphatic heterocycles. The van der Waals surface area contributed by atoms with Crippen LogP contribution in [0.1, 0.15) is 38.7 Å². The van der Waals surface area contributed by atoms with E-state index in [1.54, 1.807) is 19.9 Å². The van der Waals surface area contributed by atoms with Crippen LogP contribution in [0.15, 0.2) is 51.8 Å². The van der Waals surface area contributed by atoms with Gasteiger partial charge in [-0.05, 0) is 48.7 Å². The molecule has 0 heterocycles. The minimum absolute atomic E-state index is 0.133. The first-order chi connectivity index (χ1) is 14.3. The highest BCUT2D eigenvalue weighted by molar-refractivity contribution is 9.10. The van der Waals surface area contributed by atoms with E-state index < -0.39 is 15.4 Å². The number of hydrogen-bond acceptors (Lipinski definition) is 4. The lowest BCUT2D eigenvalue weighted by molar-refractivity contribution is -0.124. The highest BCUT2D eigenvalue weighted by Gasteiger charge is 2.45.